The minimum absolute atomic E-state index is 1.08. The molecule has 0 atom stereocenters. The first-order valence-corrected chi connectivity index (χ1v) is 12.7. The molecule has 0 saturated heterocycles. The first-order valence-electron chi connectivity index (χ1n) is 6.95. The Morgan fingerprint density at radius 3 is 1.18 bits per heavy atom. The Labute approximate surface area is 111 Å². The van der Waals surface area contributed by atoms with Crippen molar-refractivity contribution in [2.45, 2.75) is 53.9 Å². The molecule has 0 aliphatic carbocycles. The van der Waals surface area contributed by atoms with E-state index in [0.717, 1.165) is 26.2 Å². The molecule has 0 rings (SSSR count). The number of rotatable bonds is 8. The van der Waals surface area contributed by atoms with Crippen LogP contribution in [-0.2, 0) is 4.12 Å². The van der Waals surface area contributed by atoms with E-state index < -0.39 is 17.0 Å². The fraction of sp³-hybridized carbons (Fsp3) is 1.00. The molecule has 0 aromatic heterocycles. The van der Waals surface area contributed by atoms with E-state index in [4.69, 9.17) is 4.12 Å². The number of nitrogens with zero attached hydrogens (tertiary/aromatic N) is 2. The van der Waals surface area contributed by atoms with Crippen LogP contribution in [0.2, 0.25) is 26.2 Å². The SMILES string of the molecule is CCN(CC)[Si](C)(O[Si](C)(C)C)N(CC)CC. The summed E-state index contributed by atoms with van der Waals surface area (Å²) in [4.78, 5) is 0. The molecule has 0 aliphatic heterocycles. The highest BCUT2D eigenvalue weighted by molar-refractivity contribution is 6.82. The molecular weight excluding hydrogens is 244 g/mol. The Hall–Kier alpha value is 0.314. The standard InChI is InChI=1S/C12H32N2OSi2/c1-9-13(10-2)17(8,14(11-3)12-4)15-16(5,6)7/h9-12H2,1-8H3. The largest absolute Gasteiger partial charge is 0.433 e. The molecule has 0 aromatic rings. The van der Waals surface area contributed by atoms with Crippen LogP contribution in [0.15, 0.2) is 0 Å². The maximum absolute atomic E-state index is 6.64. The van der Waals surface area contributed by atoms with Gasteiger partial charge in [-0.1, -0.05) is 27.7 Å². The van der Waals surface area contributed by atoms with Crippen molar-refractivity contribution in [3.63, 3.8) is 0 Å². The van der Waals surface area contributed by atoms with Crippen LogP contribution in [0, 0.1) is 0 Å². The van der Waals surface area contributed by atoms with E-state index in [1.165, 1.54) is 0 Å². The van der Waals surface area contributed by atoms with E-state index in [9.17, 15) is 0 Å². The fourth-order valence-electron chi connectivity index (χ4n) is 2.53. The lowest BCUT2D eigenvalue weighted by Crippen LogP contribution is -2.68. The maximum Gasteiger partial charge on any atom is 0.343 e. The molecule has 0 unspecified atom stereocenters. The molecule has 0 saturated carbocycles. The highest BCUT2D eigenvalue weighted by atomic mass is 28.4. The molecule has 0 aliphatic rings. The second-order valence-corrected chi connectivity index (χ2v) is 13.7. The maximum atomic E-state index is 6.64. The average molecular weight is 277 g/mol. The normalized spacial score (nSPS) is 13.8. The third-order valence-corrected chi connectivity index (χ3v) is 10.8. The van der Waals surface area contributed by atoms with Crippen molar-refractivity contribution in [1.82, 2.24) is 9.13 Å². The predicted molar refractivity (Wildman–Crippen MR) is 81.9 cm³/mol. The number of hydrogen-bond donors (Lipinski definition) is 0. The molecule has 0 radical (unpaired) electrons. The van der Waals surface area contributed by atoms with Gasteiger partial charge in [-0.2, -0.15) is 0 Å². The monoisotopic (exact) mass is 276 g/mol. The first kappa shape index (κ1) is 17.3. The van der Waals surface area contributed by atoms with Crippen LogP contribution >= 0.6 is 0 Å². The fourth-order valence-corrected chi connectivity index (χ4v) is 11.0. The van der Waals surface area contributed by atoms with E-state index in [2.05, 4.69) is 63.0 Å². The van der Waals surface area contributed by atoms with Crippen molar-refractivity contribution >= 4 is 17.0 Å². The minimum atomic E-state index is -1.92. The Morgan fingerprint density at radius 2 is 1.00 bits per heavy atom. The van der Waals surface area contributed by atoms with Gasteiger partial charge in [-0.15, -0.1) is 0 Å². The average Bonchev–Trinajstić information content (AvgIpc) is 2.18. The van der Waals surface area contributed by atoms with Gasteiger partial charge >= 0.3 is 8.64 Å². The second-order valence-electron chi connectivity index (χ2n) is 5.49. The molecule has 0 spiro atoms. The van der Waals surface area contributed by atoms with Gasteiger partial charge in [-0.3, -0.25) is 9.13 Å². The third kappa shape index (κ3) is 4.83. The summed E-state index contributed by atoms with van der Waals surface area (Å²) >= 11 is 0. The lowest BCUT2D eigenvalue weighted by molar-refractivity contribution is 0.267. The lowest BCUT2D eigenvalue weighted by Gasteiger charge is -2.47. The zero-order valence-electron chi connectivity index (χ0n) is 13.1. The molecule has 0 aromatic carbocycles. The second kappa shape index (κ2) is 7.04. The molecule has 0 fully saturated rings. The van der Waals surface area contributed by atoms with E-state index in [1.54, 1.807) is 0 Å². The van der Waals surface area contributed by atoms with Crippen LogP contribution in [0.25, 0.3) is 0 Å². The van der Waals surface area contributed by atoms with E-state index in [0.29, 0.717) is 0 Å². The van der Waals surface area contributed by atoms with Crippen molar-refractivity contribution in [3.05, 3.63) is 0 Å². The van der Waals surface area contributed by atoms with Gasteiger partial charge in [0.2, 0.25) is 0 Å². The molecule has 17 heavy (non-hydrogen) atoms. The van der Waals surface area contributed by atoms with Crippen molar-refractivity contribution in [2.75, 3.05) is 26.2 Å². The Morgan fingerprint density at radius 1 is 0.706 bits per heavy atom. The molecule has 5 heteroatoms. The third-order valence-electron chi connectivity index (χ3n) is 3.20. The van der Waals surface area contributed by atoms with Gasteiger partial charge in [0.25, 0.3) is 0 Å². The van der Waals surface area contributed by atoms with Gasteiger partial charge in [-0.05, 0) is 52.4 Å². The Kier molecular flexibility index (Phi) is 7.17. The molecule has 0 amide bonds. The zero-order chi connectivity index (χ0) is 13.7. The minimum Gasteiger partial charge on any atom is -0.433 e. The summed E-state index contributed by atoms with van der Waals surface area (Å²) < 4.78 is 11.8. The molecule has 0 heterocycles. The van der Waals surface area contributed by atoms with E-state index >= 15 is 0 Å². The van der Waals surface area contributed by atoms with E-state index in [-0.39, 0.29) is 0 Å². The molecule has 3 nitrogen and oxygen atoms in total. The Bertz CT molecular complexity index is 199. The summed E-state index contributed by atoms with van der Waals surface area (Å²) in [6.07, 6.45) is 0. The van der Waals surface area contributed by atoms with Gasteiger partial charge < -0.3 is 4.12 Å². The van der Waals surface area contributed by atoms with Crippen molar-refractivity contribution < 1.29 is 4.12 Å². The molecule has 0 N–H and O–H groups in total. The van der Waals surface area contributed by atoms with Crippen LogP contribution in [0.3, 0.4) is 0 Å². The van der Waals surface area contributed by atoms with E-state index in [1.807, 2.05) is 0 Å². The van der Waals surface area contributed by atoms with Crippen LogP contribution in [0.5, 0.6) is 0 Å². The van der Waals surface area contributed by atoms with Crippen LogP contribution in [0.1, 0.15) is 27.7 Å². The summed E-state index contributed by atoms with van der Waals surface area (Å²) in [6.45, 7) is 22.6. The molecular formula is C12H32N2OSi2. The van der Waals surface area contributed by atoms with Crippen molar-refractivity contribution in [1.29, 1.82) is 0 Å². The van der Waals surface area contributed by atoms with Gasteiger partial charge in [0.1, 0.15) is 0 Å². The van der Waals surface area contributed by atoms with Gasteiger partial charge in [0.15, 0.2) is 8.32 Å². The zero-order valence-corrected chi connectivity index (χ0v) is 15.1. The van der Waals surface area contributed by atoms with Crippen LogP contribution in [-0.4, -0.2) is 52.3 Å². The first-order chi connectivity index (χ1) is 7.75. The highest BCUT2D eigenvalue weighted by Crippen LogP contribution is 2.22. The summed E-state index contributed by atoms with van der Waals surface area (Å²) in [6, 6.07) is 0. The summed E-state index contributed by atoms with van der Waals surface area (Å²) in [5.41, 5.74) is 0. The predicted octanol–water partition coefficient (Wildman–Crippen LogP) is 3.09. The quantitative estimate of drug-likeness (QED) is 0.634. The lowest BCUT2D eigenvalue weighted by atomic mass is 10.7. The number of hydrogen-bond acceptors (Lipinski definition) is 3. The smallest absolute Gasteiger partial charge is 0.343 e. The summed E-state index contributed by atoms with van der Waals surface area (Å²) in [5.74, 6) is 0. The summed E-state index contributed by atoms with van der Waals surface area (Å²) in [5, 5.41) is 0. The molecule has 104 valence electrons. The van der Waals surface area contributed by atoms with Crippen molar-refractivity contribution in [3.8, 4) is 0 Å². The van der Waals surface area contributed by atoms with Crippen LogP contribution < -0.4 is 0 Å². The van der Waals surface area contributed by atoms with Crippen molar-refractivity contribution in [2.24, 2.45) is 0 Å². The molecule has 0 bridgehead atoms. The highest BCUT2D eigenvalue weighted by Gasteiger charge is 2.44. The van der Waals surface area contributed by atoms with Gasteiger partial charge in [0.05, 0.1) is 0 Å². The summed E-state index contributed by atoms with van der Waals surface area (Å²) in [7, 11) is -3.42. The van der Waals surface area contributed by atoms with Gasteiger partial charge in [-0.25, -0.2) is 0 Å². The topological polar surface area (TPSA) is 15.7 Å². The Balaban J connectivity index is 5.17. The van der Waals surface area contributed by atoms with Crippen LogP contribution in [0.4, 0.5) is 0 Å². The van der Waals surface area contributed by atoms with Gasteiger partial charge in [0, 0.05) is 0 Å².